The van der Waals surface area contributed by atoms with Crippen molar-refractivity contribution in [1.29, 1.82) is 0 Å². The standard InChI is InChI=1S/C15H19N3O3S/c1-9(2)8-21-15(20)17-11-5-4-6-12(7-11)18-13(19)10(3)16-14(18)22/h4-7,9-10H,8H2,1-3H3,(H,16,22)(H,17,20). The van der Waals surface area contributed by atoms with Crippen LogP contribution in [0.1, 0.15) is 20.8 Å². The van der Waals surface area contributed by atoms with E-state index in [1.165, 1.54) is 4.90 Å². The molecule has 6 nitrogen and oxygen atoms in total. The Morgan fingerprint density at radius 3 is 2.82 bits per heavy atom. The van der Waals surface area contributed by atoms with Crippen molar-refractivity contribution in [3.05, 3.63) is 24.3 Å². The monoisotopic (exact) mass is 321 g/mol. The van der Waals surface area contributed by atoms with Gasteiger partial charge in [-0.3, -0.25) is 15.0 Å². The molecule has 1 heterocycles. The number of hydrogen-bond acceptors (Lipinski definition) is 4. The molecule has 1 aromatic rings. The van der Waals surface area contributed by atoms with Crippen molar-refractivity contribution in [3.63, 3.8) is 0 Å². The second-order valence-corrected chi connectivity index (χ2v) is 5.90. The Hall–Kier alpha value is -2.15. The maximum Gasteiger partial charge on any atom is 0.411 e. The Morgan fingerprint density at radius 1 is 1.50 bits per heavy atom. The number of carbonyl (C=O) groups is 2. The molecule has 0 radical (unpaired) electrons. The largest absolute Gasteiger partial charge is 0.449 e. The second-order valence-electron chi connectivity index (χ2n) is 5.51. The Kier molecular flexibility index (Phi) is 4.97. The molecule has 22 heavy (non-hydrogen) atoms. The van der Waals surface area contributed by atoms with Gasteiger partial charge < -0.3 is 10.1 Å². The Labute approximate surface area is 134 Å². The minimum Gasteiger partial charge on any atom is -0.449 e. The van der Waals surface area contributed by atoms with Crippen LogP contribution >= 0.6 is 12.2 Å². The first-order valence-electron chi connectivity index (χ1n) is 7.07. The van der Waals surface area contributed by atoms with Gasteiger partial charge in [0.25, 0.3) is 5.91 Å². The van der Waals surface area contributed by atoms with Crippen molar-refractivity contribution in [1.82, 2.24) is 5.32 Å². The van der Waals surface area contributed by atoms with Gasteiger partial charge >= 0.3 is 6.09 Å². The molecule has 7 heteroatoms. The minimum absolute atomic E-state index is 0.121. The quantitative estimate of drug-likeness (QED) is 0.834. The lowest BCUT2D eigenvalue weighted by Gasteiger charge is -2.16. The van der Waals surface area contributed by atoms with Crippen molar-refractivity contribution >= 4 is 40.7 Å². The van der Waals surface area contributed by atoms with Gasteiger partial charge in [-0.05, 0) is 43.3 Å². The number of hydrogen-bond donors (Lipinski definition) is 2. The lowest BCUT2D eigenvalue weighted by Crippen LogP contribution is -2.30. The van der Waals surface area contributed by atoms with Crippen LogP contribution in [-0.4, -0.2) is 29.8 Å². The van der Waals surface area contributed by atoms with E-state index in [0.29, 0.717) is 23.1 Å². The number of thiocarbonyl (C=S) groups is 1. The summed E-state index contributed by atoms with van der Waals surface area (Å²) in [5.74, 6) is 0.147. The number of ether oxygens (including phenoxy) is 1. The van der Waals surface area contributed by atoms with E-state index < -0.39 is 6.09 Å². The van der Waals surface area contributed by atoms with E-state index in [-0.39, 0.29) is 17.9 Å². The molecule has 0 spiro atoms. The Bertz CT molecular complexity index is 603. The molecule has 2 N–H and O–H groups in total. The van der Waals surface area contributed by atoms with Gasteiger partial charge in [-0.1, -0.05) is 19.9 Å². The fourth-order valence-electron chi connectivity index (χ4n) is 1.97. The van der Waals surface area contributed by atoms with Crippen LogP contribution in [0.3, 0.4) is 0 Å². The summed E-state index contributed by atoms with van der Waals surface area (Å²) < 4.78 is 5.06. The second kappa shape index (κ2) is 6.74. The van der Waals surface area contributed by atoms with Crippen LogP contribution in [0.2, 0.25) is 0 Å². The number of carbonyl (C=O) groups excluding carboxylic acids is 2. The Balaban J connectivity index is 2.09. The molecule has 2 amide bonds. The van der Waals surface area contributed by atoms with Crippen molar-refractivity contribution in [2.45, 2.75) is 26.8 Å². The van der Waals surface area contributed by atoms with Crippen LogP contribution in [0.5, 0.6) is 0 Å². The first-order chi connectivity index (χ1) is 10.4. The number of rotatable bonds is 4. The Morgan fingerprint density at radius 2 is 2.23 bits per heavy atom. The van der Waals surface area contributed by atoms with E-state index in [0.717, 1.165) is 0 Å². The van der Waals surface area contributed by atoms with Crippen LogP contribution in [0.4, 0.5) is 16.2 Å². The van der Waals surface area contributed by atoms with Crippen molar-refractivity contribution < 1.29 is 14.3 Å². The van der Waals surface area contributed by atoms with E-state index in [9.17, 15) is 9.59 Å². The maximum atomic E-state index is 12.1. The zero-order valence-electron chi connectivity index (χ0n) is 12.8. The summed E-state index contributed by atoms with van der Waals surface area (Å²) >= 11 is 5.16. The van der Waals surface area contributed by atoms with Crippen molar-refractivity contribution in [3.8, 4) is 0 Å². The molecular formula is C15H19N3O3S. The first kappa shape index (κ1) is 16.2. The molecule has 1 aliphatic rings. The molecule has 0 saturated carbocycles. The summed E-state index contributed by atoms with van der Waals surface area (Å²) in [6, 6.07) is 6.56. The highest BCUT2D eigenvalue weighted by Gasteiger charge is 2.33. The van der Waals surface area contributed by atoms with Gasteiger partial charge in [-0.2, -0.15) is 0 Å². The normalized spacial score (nSPS) is 17.6. The lowest BCUT2D eigenvalue weighted by atomic mass is 10.2. The molecule has 1 aliphatic heterocycles. The van der Waals surface area contributed by atoms with Gasteiger partial charge in [-0.15, -0.1) is 0 Å². The van der Waals surface area contributed by atoms with Gasteiger partial charge in [0, 0.05) is 5.69 Å². The number of amides is 2. The molecule has 1 saturated heterocycles. The minimum atomic E-state index is -0.521. The fraction of sp³-hybridized carbons (Fsp3) is 0.400. The molecule has 118 valence electrons. The topological polar surface area (TPSA) is 70.7 Å². The lowest BCUT2D eigenvalue weighted by molar-refractivity contribution is -0.117. The molecule has 0 aliphatic carbocycles. The van der Waals surface area contributed by atoms with Crippen LogP contribution in [0.25, 0.3) is 0 Å². The van der Waals surface area contributed by atoms with E-state index in [1.54, 1.807) is 31.2 Å². The van der Waals surface area contributed by atoms with Crippen molar-refractivity contribution in [2.24, 2.45) is 5.92 Å². The summed E-state index contributed by atoms with van der Waals surface area (Å²) in [7, 11) is 0. The molecule has 0 bridgehead atoms. The van der Waals surface area contributed by atoms with Crippen LogP contribution < -0.4 is 15.5 Å². The third-order valence-corrected chi connectivity index (χ3v) is 3.33. The summed E-state index contributed by atoms with van der Waals surface area (Å²) in [6.07, 6.45) is -0.521. The van der Waals surface area contributed by atoms with E-state index in [2.05, 4.69) is 10.6 Å². The molecule has 1 atom stereocenters. The smallest absolute Gasteiger partial charge is 0.411 e. The summed E-state index contributed by atoms with van der Waals surface area (Å²) in [6.45, 7) is 6.02. The van der Waals surface area contributed by atoms with Gasteiger partial charge in [-0.25, -0.2) is 4.79 Å². The maximum absolute atomic E-state index is 12.1. The highest BCUT2D eigenvalue weighted by Crippen LogP contribution is 2.23. The highest BCUT2D eigenvalue weighted by molar-refractivity contribution is 7.80. The van der Waals surface area contributed by atoms with Gasteiger partial charge in [0.15, 0.2) is 5.11 Å². The molecule has 1 fully saturated rings. The summed E-state index contributed by atoms with van der Waals surface area (Å²) in [4.78, 5) is 25.2. The van der Waals surface area contributed by atoms with Crippen molar-refractivity contribution in [2.75, 3.05) is 16.8 Å². The fourth-order valence-corrected chi connectivity index (χ4v) is 2.34. The first-order valence-corrected chi connectivity index (χ1v) is 7.47. The average Bonchev–Trinajstić information content (AvgIpc) is 2.70. The molecule has 1 unspecified atom stereocenters. The SMILES string of the molecule is CC(C)COC(=O)Nc1cccc(N2C(=O)C(C)NC2=S)c1. The number of benzene rings is 1. The van der Waals surface area contributed by atoms with Gasteiger partial charge in [0.05, 0.1) is 12.3 Å². The number of nitrogens with one attached hydrogen (secondary N) is 2. The van der Waals surface area contributed by atoms with Crippen LogP contribution in [-0.2, 0) is 9.53 Å². The third-order valence-electron chi connectivity index (χ3n) is 3.03. The highest BCUT2D eigenvalue weighted by atomic mass is 32.1. The summed E-state index contributed by atoms with van der Waals surface area (Å²) in [5.41, 5.74) is 1.15. The van der Waals surface area contributed by atoms with Crippen LogP contribution in [0, 0.1) is 5.92 Å². The van der Waals surface area contributed by atoms with Crippen LogP contribution in [0.15, 0.2) is 24.3 Å². The average molecular weight is 321 g/mol. The van der Waals surface area contributed by atoms with E-state index in [4.69, 9.17) is 17.0 Å². The zero-order chi connectivity index (χ0) is 16.3. The predicted octanol–water partition coefficient (Wildman–Crippen LogP) is 2.50. The summed E-state index contributed by atoms with van der Waals surface area (Å²) in [5, 5.41) is 5.90. The number of nitrogens with zero attached hydrogens (tertiary/aromatic N) is 1. The van der Waals surface area contributed by atoms with E-state index in [1.807, 2.05) is 13.8 Å². The molecule has 1 aromatic carbocycles. The zero-order valence-corrected chi connectivity index (χ0v) is 13.6. The molecule has 2 rings (SSSR count). The van der Waals surface area contributed by atoms with E-state index >= 15 is 0 Å². The van der Waals surface area contributed by atoms with Gasteiger partial charge in [0.2, 0.25) is 0 Å². The number of anilines is 2. The molecule has 0 aromatic heterocycles. The van der Waals surface area contributed by atoms with Gasteiger partial charge in [0.1, 0.15) is 6.04 Å². The predicted molar refractivity (Wildman–Crippen MR) is 88.9 cm³/mol. The third kappa shape index (κ3) is 3.73. The molecular weight excluding hydrogens is 302 g/mol.